The fourth-order valence-corrected chi connectivity index (χ4v) is 2.33. The lowest BCUT2D eigenvalue weighted by Gasteiger charge is -2.32. The number of rotatable bonds is 3. The van der Waals surface area contributed by atoms with Crippen molar-refractivity contribution in [3.63, 3.8) is 0 Å². The van der Waals surface area contributed by atoms with Gasteiger partial charge >= 0.3 is 0 Å². The highest BCUT2D eigenvalue weighted by molar-refractivity contribution is 7.88. The van der Waals surface area contributed by atoms with Gasteiger partial charge in [-0.25, -0.2) is 8.42 Å². The van der Waals surface area contributed by atoms with Crippen LogP contribution in [0.4, 0.5) is 0 Å². The molecule has 1 saturated heterocycles. The van der Waals surface area contributed by atoms with Gasteiger partial charge in [-0.15, -0.1) is 0 Å². The summed E-state index contributed by atoms with van der Waals surface area (Å²) >= 11 is 0. The number of nitrogens with one attached hydrogen (secondary N) is 1. The van der Waals surface area contributed by atoms with Crippen LogP contribution in [-0.4, -0.2) is 69.6 Å². The summed E-state index contributed by atoms with van der Waals surface area (Å²) < 4.78 is 23.8. The number of hydrogen-bond donors (Lipinski definition) is 1. The van der Waals surface area contributed by atoms with E-state index in [4.69, 9.17) is 0 Å². The molecule has 0 bridgehead atoms. The van der Waals surface area contributed by atoms with Crippen LogP contribution in [0.15, 0.2) is 0 Å². The van der Waals surface area contributed by atoms with Crippen LogP contribution in [0.1, 0.15) is 0 Å². The summed E-state index contributed by atoms with van der Waals surface area (Å²) in [6, 6.07) is 0. The Bertz CT molecular complexity index is 320. The first-order chi connectivity index (χ1) is 6.93. The smallest absolute Gasteiger partial charge is 0.233 e. The number of likely N-dealkylation sites (N-methyl/N-ethyl adjacent to an activating group) is 1. The largest absolute Gasteiger partial charge is 0.358 e. The Hall–Kier alpha value is -0.660. The number of carbonyl (C=O) groups excluding carboxylic acids is 1. The Morgan fingerprint density at radius 3 is 2.20 bits per heavy atom. The van der Waals surface area contributed by atoms with Crippen molar-refractivity contribution in [3.8, 4) is 0 Å². The predicted octanol–water partition coefficient (Wildman–Crippen LogP) is -1.69. The quantitative estimate of drug-likeness (QED) is 0.634. The Labute approximate surface area is 90.3 Å². The molecule has 1 amide bonds. The van der Waals surface area contributed by atoms with E-state index in [-0.39, 0.29) is 5.91 Å². The van der Waals surface area contributed by atoms with Gasteiger partial charge in [0.2, 0.25) is 15.9 Å². The van der Waals surface area contributed by atoms with E-state index in [1.54, 1.807) is 7.05 Å². The minimum atomic E-state index is -3.08. The van der Waals surface area contributed by atoms with Gasteiger partial charge in [-0.1, -0.05) is 0 Å². The van der Waals surface area contributed by atoms with Crippen LogP contribution < -0.4 is 5.32 Å². The van der Waals surface area contributed by atoms with Crippen LogP contribution in [0.25, 0.3) is 0 Å². The van der Waals surface area contributed by atoms with Crippen molar-refractivity contribution >= 4 is 15.9 Å². The molecule has 0 spiro atoms. The zero-order valence-corrected chi connectivity index (χ0v) is 9.88. The third-order valence-corrected chi connectivity index (χ3v) is 3.75. The molecular formula is C8H17N3O3S. The molecule has 0 aliphatic carbocycles. The van der Waals surface area contributed by atoms with Gasteiger partial charge < -0.3 is 5.32 Å². The number of hydrogen-bond acceptors (Lipinski definition) is 4. The van der Waals surface area contributed by atoms with Crippen molar-refractivity contribution in [1.29, 1.82) is 0 Å². The maximum Gasteiger partial charge on any atom is 0.233 e. The highest BCUT2D eigenvalue weighted by Crippen LogP contribution is 2.05. The van der Waals surface area contributed by atoms with Gasteiger partial charge in [0.05, 0.1) is 12.8 Å². The van der Waals surface area contributed by atoms with Gasteiger partial charge in [-0.3, -0.25) is 9.69 Å². The molecule has 0 saturated carbocycles. The van der Waals surface area contributed by atoms with Crippen LogP contribution in [0.5, 0.6) is 0 Å². The van der Waals surface area contributed by atoms with Gasteiger partial charge in [0.25, 0.3) is 0 Å². The van der Waals surface area contributed by atoms with Crippen LogP contribution in [0.2, 0.25) is 0 Å². The maximum atomic E-state index is 11.2. The van der Waals surface area contributed by atoms with Gasteiger partial charge in [0.15, 0.2) is 0 Å². The molecule has 1 aliphatic heterocycles. The molecule has 6 nitrogen and oxygen atoms in total. The van der Waals surface area contributed by atoms with Crippen molar-refractivity contribution in [1.82, 2.24) is 14.5 Å². The van der Waals surface area contributed by atoms with Crippen LogP contribution in [0, 0.1) is 0 Å². The third kappa shape index (κ3) is 3.77. The van der Waals surface area contributed by atoms with Crippen molar-refractivity contribution in [2.24, 2.45) is 0 Å². The number of sulfonamides is 1. The van der Waals surface area contributed by atoms with E-state index in [0.29, 0.717) is 32.7 Å². The van der Waals surface area contributed by atoms with E-state index in [2.05, 4.69) is 5.32 Å². The number of nitrogens with zero attached hydrogens (tertiary/aromatic N) is 2. The molecule has 1 heterocycles. The number of piperazine rings is 1. The first-order valence-corrected chi connectivity index (χ1v) is 6.66. The van der Waals surface area contributed by atoms with Gasteiger partial charge in [-0.05, 0) is 0 Å². The highest BCUT2D eigenvalue weighted by Gasteiger charge is 2.23. The zero-order chi connectivity index (χ0) is 11.5. The van der Waals surface area contributed by atoms with Crippen LogP contribution >= 0.6 is 0 Å². The average molecular weight is 235 g/mol. The van der Waals surface area contributed by atoms with Crippen molar-refractivity contribution in [3.05, 3.63) is 0 Å². The van der Waals surface area contributed by atoms with E-state index < -0.39 is 10.0 Å². The summed E-state index contributed by atoms with van der Waals surface area (Å²) in [7, 11) is -1.48. The molecule has 88 valence electrons. The lowest BCUT2D eigenvalue weighted by atomic mass is 10.3. The second-order valence-electron chi connectivity index (χ2n) is 3.61. The Morgan fingerprint density at radius 1 is 1.27 bits per heavy atom. The SMILES string of the molecule is CNC(=O)CN1CCN(S(C)(=O)=O)CC1. The molecule has 0 aromatic rings. The first-order valence-electron chi connectivity index (χ1n) is 4.81. The normalized spacial score (nSPS) is 20.1. The summed E-state index contributed by atoms with van der Waals surface area (Å²) in [5.41, 5.74) is 0. The zero-order valence-electron chi connectivity index (χ0n) is 9.06. The summed E-state index contributed by atoms with van der Waals surface area (Å²) in [5, 5.41) is 2.54. The van der Waals surface area contributed by atoms with Gasteiger partial charge in [0.1, 0.15) is 0 Å². The lowest BCUT2D eigenvalue weighted by Crippen LogP contribution is -2.50. The summed E-state index contributed by atoms with van der Waals surface area (Å²) in [6.45, 7) is 2.50. The summed E-state index contributed by atoms with van der Waals surface area (Å²) in [6.07, 6.45) is 1.21. The predicted molar refractivity (Wildman–Crippen MR) is 56.9 cm³/mol. The van der Waals surface area contributed by atoms with E-state index in [0.717, 1.165) is 0 Å². The maximum absolute atomic E-state index is 11.2. The van der Waals surface area contributed by atoms with Gasteiger partial charge in [0, 0.05) is 33.2 Å². The van der Waals surface area contributed by atoms with E-state index >= 15 is 0 Å². The Kier molecular flexibility index (Phi) is 4.06. The second kappa shape index (κ2) is 4.91. The standard InChI is InChI=1S/C8H17N3O3S/c1-9-8(12)7-10-3-5-11(6-4-10)15(2,13)14/h3-7H2,1-2H3,(H,9,12). The highest BCUT2D eigenvalue weighted by atomic mass is 32.2. The molecule has 1 fully saturated rings. The van der Waals surface area contributed by atoms with E-state index in [1.807, 2.05) is 4.90 Å². The fourth-order valence-electron chi connectivity index (χ4n) is 1.50. The minimum Gasteiger partial charge on any atom is -0.358 e. The molecular weight excluding hydrogens is 218 g/mol. The molecule has 0 atom stereocenters. The molecule has 1 N–H and O–H groups in total. The Balaban J connectivity index is 2.40. The molecule has 0 radical (unpaired) electrons. The molecule has 1 rings (SSSR count). The van der Waals surface area contributed by atoms with E-state index in [9.17, 15) is 13.2 Å². The second-order valence-corrected chi connectivity index (χ2v) is 5.59. The molecule has 15 heavy (non-hydrogen) atoms. The molecule has 0 unspecified atom stereocenters. The third-order valence-electron chi connectivity index (χ3n) is 2.45. The molecule has 0 aromatic heterocycles. The van der Waals surface area contributed by atoms with E-state index in [1.165, 1.54) is 10.6 Å². The molecule has 0 aromatic carbocycles. The van der Waals surface area contributed by atoms with Crippen molar-refractivity contribution in [2.75, 3.05) is 46.0 Å². The van der Waals surface area contributed by atoms with Crippen molar-refractivity contribution < 1.29 is 13.2 Å². The summed E-state index contributed by atoms with van der Waals surface area (Å²) in [5.74, 6) is -0.0391. The van der Waals surface area contributed by atoms with Crippen LogP contribution in [0.3, 0.4) is 0 Å². The first kappa shape index (κ1) is 12.4. The lowest BCUT2D eigenvalue weighted by molar-refractivity contribution is -0.122. The minimum absolute atomic E-state index is 0.0391. The monoisotopic (exact) mass is 235 g/mol. The fraction of sp³-hybridized carbons (Fsp3) is 0.875. The topological polar surface area (TPSA) is 69.7 Å². The van der Waals surface area contributed by atoms with Crippen molar-refractivity contribution in [2.45, 2.75) is 0 Å². The molecule has 1 aliphatic rings. The molecule has 7 heteroatoms. The Morgan fingerprint density at radius 2 is 1.80 bits per heavy atom. The number of amides is 1. The number of carbonyl (C=O) groups is 1. The average Bonchev–Trinajstić information content (AvgIpc) is 2.17. The van der Waals surface area contributed by atoms with Crippen LogP contribution in [-0.2, 0) is 14.8 Å². The summed E-state index contributed by atoms with van der Waals surface area (Å²) in [4.78, 5) is 13.0. The van der Waals surface area contributed by atoms with Gasteiger partial charge in [-0.2, -0.15) is 4.31 Å².